The molecule has 0 amide bonds. The first-order valence-electron chi connectivity index (χ1n) is 22.0. The fourth-order valence-electron chi connectivity index (χ4n) is 5.59. The summed E-state index contributed by atoms with van der Waals surface area (Å²) >= 11 is 0. The number of hydrogen-bond acceptors (Lipinski definition) is 7. The molecule has 2 atom stereocenters. The average Bonchev–Trinajstić information content (AvgIpc) is 3.15. The van der Waals surface area contributed by atoms with Crippen molar-refractivity contribution in [1.82, 2.24) is 0 Å². The van der Waals surface area contributed by atoms with E-state index >= 15 is 0 Å². The van der Waals surface area contributed by atoms with E-state index in [2.05, 4.69) is 74.6 Å². The van der Waals surface area contributed by atoms with Crippen LogP contribution in [0.2, 0.25) is 0 Å². The minimum absolute atomic E-state index is 0.0228. The van der Waals surface area contributed by atoms with Crippen LogP contribution in [0.5, 0.6) is 0 Å². The third-order valence-corrected chi connectivity index (χ3v) is 10.0. The summed E-state index contributed by atoms with van der Waals surface area (Å²) in [4.78, 5) is 35.4. The van der Waals surface area contributed by atoms with Gasteiger partial charge in [-0.1, -0.05) is 139 Å². The minimum Gasteiger partial charge on any atom is -0.462 e. The number of ether oxygens (including phenoxy) is 2. The number of nitrogens with zero attached hydrogens (tertiary/aromatic N) is 1. The van der Waals surface area contributed by atoms with Crippen molar-refractivity contribution >= 4 is 19.8 Å². The number of likely N-dealkylation sites (N-methyl/N-ethyl adjacent to an activating group) is 1. The van der Waals surface area contributed by atoms with Crippen molar-refractivity contribution < 1.29 is 42.1 Å². The van der Waals surface area contributed by atoms with Gasteiger partial charge in [0.2, 0.25) is 0 Å². The number of hydrogen-bond donors (Lipinski definition) is 1. The highest BCUT2D eigenvalue weighted by Crippen LogP contribution is 2.43. The second kappa shape index (κ2) is 38.2. The van der Waals surface area contributed by atoms with Crippen LogP contribution in [0, 0.1) is 0 Å². The van der Waals surface area contributed by atoms with E-state index in [0.717, 1.165) is 89.9 Å². The molecule has 0 aromatic heterocycles. The van der Waals surface area contributed by atoms with E-state index in [1.165, 1.54) is 44.9 Å². The summed E-state index contributed by atoms with van der Waals surface area (Å²) in [6.07, 6.45) is 45.5. The highest BCUT2D eigenvalue weighted by molar-refractivity contribution is 7.47. The molecule has 0 rings (SSSR count). The largest absolute Gasteiger partial charge is 0.472 e. The van der Waals surface area contributed by atoms with Gasteiger partial charge in [0.15, 0.2) is 6.10 Å². The Morgan fingerprint density at radius 2 is 1.02 bits per heavy atom. The number of rotatable bonds is 39. The lowest BCUT2D eigenvalue weighted by Crippen LogP contribution is -2.37. The second-order valence-corrected chi connectivity index (χ2v) is 17.1. The standard InChI is InChI=1S/C46H82NO8P/c1-6-8-10-12-14-16-18-20-22-23-25-27-29-31-33-35-37-39-46(49)55-44(43-54-56(50,51)53-41-40-47(3,4)5)42-52-45(48)38-36-34-32-30-28-26-24-21-19-17-15-13-11-9-7-2/h8,10,14,16,20-22,24-25,27,44H,6-7,9,11-13,15,17-19,23,26,28-43H2,1-5H3/p+1/b10-8-,16-14-,22-20-,24-21-,27-25-/t44-/m1/s1. The molecule has 0 radical (unpaired) electrons. The molecule has 0 spiro atoms. The van der Waals surface area contributed by atoms with Crippen molar-refractivity contribution in [3.05, 3.63) is 60.8 Å². The minimum atomic E-state index is -4.39. The summed E-state index contributed by atoms with van der Waals surface area (Å²) in [6.45, 7) is 4.25. The third kappa shape index (κ3) is 41.3. The maximum absolute atomic E-state index is 12.7. The summed E-state index contributed by atoms with van der Waals surface area (Å²) in [5, 5.41) is 0. The number of phosphoric ester groups is 1. The van der Waals surface area contributed by atoms with Gasteiger partial charge in [0.05, 0.1) is 27.7 Å². The Balaban J connectivity index is 4.43. The molecule has 0 heterocycles. The van der Waals surface area contributed by atoms with Crippen molar-refractivity contribution in [3.63, 3.8) is 0 Å². The lowest BCUT2D eigenvalue weighted by molar-refractivity contribution is -0.870. The first kappa shape index (κ1) is 53.7. The van der Waals surface area contributed by atoms with E-state index in [1.54, 1.807) is 0 Å². The molecule has 10 heteroatoms. The van der Waals surface area contributed by atoms with Crippen molar-refractivity contribution in [1.29, 1.82) is 0 Å². The summed E-state index contributed by atoms with van der Waals surface area (Å²) in [7, 11) is 1.45. The Morgan fingerprint density at radius 3 is 1.54 bits per heavy atom. The molecule has 324 valence electrons. The van der Waals surface area contributed by atoms with Crippen LogP contribution < -0.4 is 0 Å². The molecule has 0 saturated heterocycles. The predicted molar refractivity (Wildman–Crippen MR) is 233 cm³/mol. The molecule has 56 heavy (non-hydrogen) atoms. The Bertz CT molecular complexity index is 1140. The number of carbonyl (C=O) groups is 2. The van der Waals surface area contributed by atoms with E-state index in [4.69, 9.17) is 18.5 Å². The van der Waals surface area contributed by atoms with Crippen LogP contribution in [0.3, 0.4) is 0 Å². The molecule has 0 aliphatic carbocycles. The highest BCUT2D eigenvalue weighted by Gasteiger charge is 2.27. The monoisotopic (exact) mass is 809 g/mol. The van der Waals surface area contributed by atoms with E-state index in [1.807, 2.05) is 21.1 Å². The third-order valence-electron chi connectivity index (χ3n) is 9.03. The van der Waals surface area contributed by atoms with E-state index in [0.29, 0.717) is 17.4 Å². The molecular weight excluding hydrogens is 725 g/mol. The zero-order valence-electron chi connectivity index (χ0n) is 36.3. The lowest BCUT2D eigenvalue weighted by atomic mass is 10.1. The molecule has 0 aliphatic heterocycles. The van der Waals surface area contributed by atoms with Crippen molar-refractivity contribution in [2.75, 3.05) is 47.5 Å². The van der Waals surface area contributed by atoms with Crippen LogP contribution in [0.1, 0.15) is 168 Å². The van der Waals surface area contributed by atoms with Crippen molar-refractivity contribution in [2.24, 2.45) is 0 Å². The van der Waals surface area contributed by atoms with Crippen LogP contribution in [-0.2, 0) is 32.7 Å². The summed E-state index contributed by atoms with van der Waals surface area (Å²) < 4.78 is 34.3. The van der Waals surface area contributed by atoms with E-state index in [9.17, 15) is 19.0 Å². The van der Waals surface area contributed by atoms with Gasteiger partial charge in [-0.2, -0.15) is 0 Å². The van der Waals surface area contributed by atoms with Crippen LogP contribution in [0.4, 0.5) is 0 Å². The van der Waals surface area contributed by atoms with Crippen LogP contribution >= 0.6 is 7.82 Å². The molecule has 0 saturated carbocycles. The van der Waals surface area contributed by atoms with Gasteiger partial charge in [0, 0.05) is 12.8 Å². The molecule has 0 fully saturated rings. The van der Waals surface area contributed by atoms with Crippen LogP contribution in [0.25, 0.3) is 0 Å². The molecule has 0 aliphatic rings. The van der Waals surface area contributed by atoms with Gasteiger partial charge >= 0.3 is 19.8 Å². The van der Waals surface area contributed by atoms with E-state index in [-0.39, 0.29) is 32.0 Å². The number of unbranched alkanes of at least 4 members (excludes halogenated alkanes) is 15. The van der Waals surface area contributed by atoms with Crippen molar-refractivity contribution in [2.45, 2.75) is 174 Å². The number of carbonyl (C=O) groups excluding carboxylic acids is 2. The van der Waals surface area contributed by atoms with Crippen LogP contribution in [-0.4, -0.2) is 74.9 Å². The Kier molecular flexibility index (Phi) is 36.7. The first-order chi connectivity index (χ1) is 27.0. The SMILES string of the molecule is CC/C=C\C/C=C\C/C=C\C/C=C\CCCCCCC(=O)O[C@H](COC(=O)CCCCCCC/C=C\CCCCCCCC)COP(=O)(O)OCC[N+](C)(C)C. The highest BCUT2D eigenvalue weighted by atomic mass is 31.2. The number of esters is 2. The van der Waals surface area contributed by atoms with Crippen molar-refractivity contribution in [3.8, 4) is 0 Å². The average molecular weight is 809 g/mol. The quantitative estimate of drug-likeness (QED) is 0.0215. The Labute approximate surface area is 343 Å². The summed E-state index contributed by atoms with van der Waals surface area (Å²) in [6, 6.07) is 0. The van der Waals surface area contributed by atoms with Gasteiger partial charge in [0.1, 0.15) is 19.8 Å². The van der Waals surface area contributed by atoms with E-state index < -0.39 is 26.5 Å². The normalized spacial score (nSPS) is 14.2. The summed E-state index contributed by atoms with van der Waals surface area (Å²) in [5.74, 6) is -0.840. The Hall–Kier alpha value is -2.29. The zero-order chi connectivity index (χ0) is 41.4. The summed E-state index contributed by atoms with van der Waals surface area (Å²) in [5.41, 5.74) is 0. The predicted octanol–water partition coefficient (Wildman–Crippen LogP) is 12.5. The molecule has 0 aromatic carbocycles. The molecular formula is C46H83NO8P+. The maximum atomic E-state index is 12.7. The molecule has 0 aromatic rings. The van der Waals surface area contributed by atoms with Gasteiger partial charge in [-0.25, -0.2) is 4.57 Å². The van der Waals surface area contributed by atoms with Gasteiger partial charge in [-0.3, -0.25) is 18.6 Å². The topological polar surface area (TPSA) is 108 Å². The molecule has 1 N–H and O–H groups in total. The maximum Gasteiger partial charge on any atom is 0.472 e. The van der Waals surface area contributed by atoms with Gasteiger partial charge in [0.25, 0.3) is 0 Å². The molecule has 0 bridgehead atoms. The smallest absolute Gasteiger partial charge is 0.462 e. The molecule has 9 nitrogen and oxygen atoms in total. The van der Waals surface area contributed by atoms with Crippen LogP contribution in [0.15, 0.2) is 60.8 Å². The van der Waals surface area contributed by atoms with Gasteiger partial charge in [-0.15, -0.1) is 0 Å². The lowest BCUT2D eigenvalue weighted by Gasteiger charge is -2.24. The first-order valence-corrected chi connectivity index (χ1v) is 23.5. The fourth-order valence-corrected chi connectivity index (χ4v) is 6.33. The zero-order valence-corrected chi connectivity index (χ0v) is 37.2. The number of allylic oxidation sites excluding steroid dienone is 10. The number of phosphoric acid groups is 1. The fraction of sp³-hybridized carbons (Fsp3) is 0.739. The Morgan fingerprint density at radius 1 is 0.571 bits per heavy atom. The second-order valence-electron chi connectivity index (χ2n) is 15.7. The molecule has 1 unspecified atom stereocenters. The van der Waals surface area contributed by atoms with Gasteiger partial charge in [-0.05, 0) is 77.0 Å². The number of quaternary nitrogens is 1. The van der Waals surface area contributed by atoms with Gasteiger partial charge < -0.3 is 18.9 Å².